The van der Waals surface area contributed by atoms with E-state index < -0.39 is 35.7 Å². The fourth-order valence-electron chi connectivity index (χ4n) is 1.40. The average molecular weight is 275 g/mol. The molecule has 0 aromatic carbocycles. The van der Waals surface area contributed by atoms with Crippen molar-refractivity contribution in [1.82, 2.24) is 4.90 Å². The minimum absolute atomic E-state index is 0.482. The topological polar surface area (TPSA) is 93.1 Å². The van der Waals surface area contributed by atoms with Crippen molar-refractivity contribution in [1.29, 1.82) is 0 Å². The van der Waals surface area contributed by atoms with Crippen LogP contribution in [0.4, 0.5) is 9.59 Å². The van der Waals surface area contributed by atoms with Crippen LogP contribution in [-0.4, -0.2) is 46.9 Å². The Bertz CT molecular complexity index is 358. The van der Waals surface area contributed by atoms with Gasteiger partial charge in [-0.1, -0.05) is 13.8 Å². The smallest absolute Gasteiger partial charge is 0.420 e. The van der Waals surface area contributed by atoms with Crippen molar-refractivity contribution in [3.63, 3.8) is 0 Å². The molecule has 0 aromatic rings. The van der Waals surface area contributed by atoms with Crippen LogP contribution in [0.5, 0.6) is 0 Å². The van der Waals surface area contributed by atoms with E-state index in [9.17, 15) is 14.4 Å². The van der Waals surface area contributed by atoms with Gasteiger partial charge in [0.2, 0.25) is 0 Å². The largest absolute Gasteiger partial charge is 0.480 e. The highest BCUT2D eigenvalue weighted by atomic mass is 16.6. The number of hydrogen-bond acceptors (Lipinski definition) is 5. The Morgan fingerprint density at radius 2 is 1.58 bits per heavy atom. The molecule has 0 spiro atoms. The summed E-state index contributed by atoms with van der Waals surface area (Å²) in [5.41, 5.74) is -0.844. The summed E-state index contributed by atoms with van der Waals surface area (Å²) in [6.45, 7) is 8.01. The lowest BCUT2D eigenvalue weighted by Crippen LogP contribution is -2.52. The van der Waals surface area contributed by atoms with Gasteiger partial charge in [-0.2, -0.15) is 4.90 Å². The molecule has 0 heterocycles. The first-order valence-corrected chi connectivity index (χ1v) is 5.84. The van der Waals surface area contributed by atoms with Crippen LogP contribution >= 0.6 is 0 Å². The molecular formula is C12H21NO6. The van der Waals surface area contributed by atoms with Crippen LogP contribution < -0.4 is 0 Å². The zero-order chi connectivity index (χ0) is 15.4. The van der Waals surface area contributed by atoms with E-state index in [2.05, 4.69) is 4.74 Å². The monoisotopic (exact) mass is 275 g/mol. The molecule has 1 atom stereocenters. The lowest BCUT2D eigenvalue weighted by Gasteiger charge is -2.30. The lowest BCUT2D eigenvalue weighted by atomic mass is 10.0. The SMILES string of the molecule is COC(=O)N(C(=O)OC(C)(C)C)[C@@H](C(=O)O)C(C)C. The predicted molar refractivity (Wildman–Crippen MR) is 66.7 cm³/mol. The standard InChI is InChI=1S/C12H21NO6/c1-7(2)8(9(14)15)13(10(16)18-6)11(17)19-12(3,4)5/h7-8H,1-6H3,(H,14,15)/t8-/m1/s1. The molecule has 2 amide bonds. The van der Waals surface area contributed by atoms with E-state index in [4.69, 9.17) is 9.84 Å². The quantitative estimate of drug-likeness (QED) is 0.847. The Hall–Kier alpha value is -1.79. The van der Waals surface area contributed by atoms with E-state index in [0.29, 0.717) is 4.90 Å². The van der Waals surface area contributed by atoms with Gasteiger partial charge in [0, 0.05) is 0 Å². The first kappa shape index (κ1) is 17.2. The van der Waals surface area contributed by atoms with Crippen molar-refractivity contribution < 1.29 is 29.0 Å². The molecule has 0 rings (SSSR count). The molecule has 0 saturated heterocycles. The fraction of sp³-hybridized carbons (Fsp3) is 0.750. The maximum Gasteiger partial charge on any atom is 0.420 e. The molecule has 110 valence electrons. The first-order chi connectivity index (χ1) is 8.51. The molecule has 0 radical (unpaired) electrons. The molecular weight excluding hydrogens is 254 g/mol. The van der Waals surface area contributed by atoms with Crippen molar-refractivity contribution in [2.75, 3.05) is 7.11 Å². The molecule has 7 nitrogen and oxygen atoms in total. The number of methoxy groups -OCH3 is 1. The van der Waals surface area contributed by atoms with E-state index in [1.165, 1.54) is 0 Å². The molecule has 0 unspecified atom stereocenters. The predicted octanol–water partition coefficient (Wildman–Crippen LogP) is 2.10. The number of rotatable bonds is 3. The fourth-order valence-corrected chi connectivity index (χ4v) is 1.40. The summed E-state index contributed by atoms with van der Waals surface area (Å²) in [6.07, 6.45) is -2.10. The number of carboxylic acids is 1. The van der Waals surface area contributed by atoms with Crippen molar-refractivity contribution >= 4 is 18.2 Å². The zero-order valence-corrected chi connectivity index (χ0v) is 12.1. The second-order valence-electron chi connectivity index (χ2n) is 5.35. The second-order valence-corrected chi connectivity index (χ2v) is 5.35. The van der Waals surface area contributed by atoms with E-state index in [1.54, 1.807) is 34.6 Å². The molecule has 0 aromatic heterocycles. The van der Waals surface area contributed by atoms with E-state index in [-0.39, 0.29) is 0 Å². The lowest BCUT2D eigenvalue weighted by molar-refractivity contribution is -0.144. The number of nitrogens with zero attached hydrogens (tertiary/aromatic N) is 1. The van der Waals surface area contributed by atoms with E-state index in [0.717, 1.165) is 7.11 Å². The van der Waals surface area contributed by atoms with Gasteiger partial charge < -0.3 is 14.6 Å². The Morgan fingerprint density at radius 1 is 1.11 bits per heavy atom. The molecule has 7 heteroatoms. The van der Waals surface area contributed by atoms with Crippen LogP contribution in [0.25, 0.3) is 0 Å². The minimum Gasteiger partial charge on any atom is -0.480 e. The van der Waals surface area contributed by atoms with Crippen molar-refractivity contribution in [3.05, 3.63) is 0 Å². The number of aliphatic carboxylic acids is 1. The Balaban J connectivity index is 5.37. The number of hydrogen-bond donors (Lipinski definition) is 1. The van der Waals surface area contributed by atoms with Crippen LogP contribution in [0.1, 0.15) is 34.6 Å². The van der Waals surface area contributed by atoms with Crippen LogP contribution in [0.2, 0.25) is 0 Å². The molecule has 0 aliphatic rings. The Kier molecular flexibility index (Phi) is 5.80. The average Bonchev–Trinajstić information content (AvgIpc) is 2.20. The Labute approximate surface area is 112 Å². The summed E-state index contributed by atoms with van der Waals surface area (Å²) in [7, 11) is 1.07. The van der Waals surface area contributed by atoms with Gasteiger partial charge in [0.05, 0.1) is 7.11 Å². The number of carbonyl (C=O) groups is 3. The number of carbonyl (C=O) groups excluding carboxylic acids is 2. The van der Waals surface area contributed by atoms with Crippen LogP contribution in [0.15, 0.2) is 0 Å². The third-order valence-corrected chi connectivity index (χ3v) is 2.12. The summed E-state index contributed by atoms with van der Waals surface area (Å²) in [5.74, 6) is -1.78. The maximum absolute atomic E-state index is 11.9. The van der Waals surface area contributed by atoms with Gasteiger partial charge in [-0.25, -0.2) is 14.4 Å². The van der Waals surface area contributed by atoms with Gasteiger partial charge >= 0.3 is 18.2 Å². The van der Waals surface area contributed by atoms with Crippen LogP contribution in [-0.2, 0) is 14.3 Å². The summed E-state index contributed by atoms with van der Waals surface area (Å²) in [4.78, 5) is 35.3. The van der Waals surface area contributed by atoms with Gasteiger partial charge in [0.15, 0.2) is 0 Å². The third-order valence-electron chi connectivity index (χ3n) is 2.12. The number of ether oxygens (including phenoxy) is 2. The highest BCUT2D eigenvalue weighted by Crippen LogP contribution is 2.17. The highest BCUT2D eigenvalue weighted by molar-refractivity contribution is 5.93. The van der Waals surface area contributed by atoms with E-state index in [1.807, 2.05) is 0 Å². The second kappa shape index (κ2) is 6.40. The molecule has 0 saturated carbocycles. The van der Waals surface area contributed by atoms with E-state index >= 15 is 0 Å². The number of amides is 2. The van der Waals surface area contributed by atoms with Crippen molar-refractivity contribution in [2.24, 2.45) is 5.92 Å². The van der Waals surface area contributed by atoms with Crippen LogP contribution in [0, 0.1) is 5.92 Å². The first-order valence-electron chi connectivity index (χ1n) is 5.84. The number of imide groups is 1. The van der Waals surface area contributed by atoms with Gasteiger partial charge in [-0.05, 0) is 26.7 Å². The summed E-state index contributed by atoms with van der Waals surface area (Å²) >= 11 is 0. The van der Waals surface area contributed by atoms with Crippen LogP contribution in [0.3, 0.4) is 0 Å². The normalized spacial score (nSPS) is 12.8. The van der Waals surface area contributed by atoms with Gasteiger partial charge in [-0.15, -0.1) is 0 Å². The van der Waals surface area contributed by atoms with Crippen molar-refractivity contribution in [2.45, 2.75) is 46.3 Å². The molecule has 0 aliphatic heterocycles. The maximum atomic E-state index is 11.9. The molecule has 1 N–H and O–H groups in total. The highest BCUT2D eigenvalue weighted by Gasteiger charge is 2.40. The third kappa shape index (κ3) is 5.15. The van der Waals surface area contributed by atoms with Gasteiger partial charge in [0.25, 0.3) is 0 Å². The Morgan fingerprint density at radius 3 is 1.84 bits per heavy atom. The minimum atomic E-state index is -1.35. The molecule has 19 heavy (non-hydrogen) atoms. The van der Waals surface area contributed by atoms with Gasteiger partial charge in [-0.3, -0.25) is 0 Å². The molecule has 0 fully saturated rings. The van der Waals surface area contributed by atoms with Gasteiger partial charge in [0.1, 0.15) is 11.6 Å². The molecule has 0 bridgehead atoms. The molecule has 0 aliphatic carbocycles. The summed E-state index contributed by atoms with van der Waals surface area (Å²) in [5, 5.41) is 9.15. The zero-order valence-electron chi connectivity index (χ0n) is 12.1. The number of carboxylic acid groups (broad SMARTS) is 1. The van der Waals surface area contributed by atoms with Crippen molar-refractivity contribution in [3.8, 4) is 0 Å². The summed E-state index contributed by atoms with van der Waals surface area (Å²) < 4.78 is 9.48. The summed E-state index contributed by atoms with van der Waals surface area (Å²) in [6, 6.07) is -1.35.